The van der Waals surface area contributed by atoms with Crippen LogP contribution in [0.5, 0.6) is 0 Å². The maximum atomic E-state index is 11.6. The van der Waals surface area contributed by atoms with E-state index in [1.165, 1.54) is 11.3 Å². The second kappa shape index (κ2) is 5.12. The van der Waals surface area contributed by atoms with Crippen LogP contribution in [0.4, 0.5) is 0 Å². The molecule has 2 atom stereocenters. The van der Waals surface area contributed by atoms with Crippen molar-refractivity contribution < 1.29 is 9.90 Å². The molecule has 4 heteroatoms. The maximum absolute atomic E-state index is 11.6. The highest BCUT2D eigenvalue weighted by Crippen LogP contribution is 2.09. The average molecular weight is 213 g/mol. The van der Waals surface area contributed by atoms with E-state index in [0.29, 0.717) is 4.88 Å². The third-order valence-corrected chi connectivity index (χ3v) is 3.11. The molecule has 0 radical (unpaired) electrons. The molecule has 3 nitrogen and oxygen atoms in total. The predicted octanol–water partition coefficient (Wildman–Crippen LogP) is 1.49. The fourth-order valence-electron chi connectivity index (χ4n) is 0.986. The summed E-state index contributed by atoms with van der Waals surface area (Å²) >= 11 is 1.42. The van der Waals surface area contributed by atoms with Crippen molar-refractivity contribution in [2.24, 2.45) is 5.92 Å². The molecule has 0 aliphatic heterocycles. The topological polar surface area (TPSA) is 49.3 Å². The van der Waals surface area contributed by atoms with Crippen molar-refractivity contribution in [3.05, 3.63) is 22.4 Å². The molecule has 2 N–H and O–H groups in total. The Morgan fingerprint density at radius 3 is 2.86 bits per heavy atom. The maximum Gasteiger partial charge on any atom is 0.261 e. The molecule has 14 heavy (non-hydrogen) atoms. The smallest absolute Gasteiger partial charge is 0.261 e. The standard InChI is InChI=1S/C10H15NO2S/c1-7(6-12)8(2)11-10(13)9-4-3-5-14-9/h3-5,7-8,12H,6H2,1-2H3,(H,11,13). The van der Waals surface area contributed by atoms with Crippen LogP contribution in [0.3, 0.4) is 0 Å². The summed E-state index contributed by atoms with van der Waals surface area (Å²) < 4.78 is 0. The van der Waals surface area contributed by atoms with Gasteiger partial charge < -0.3 is 10.4 Å². The first-order valence-corrected chi connectivity index (χ1v) is 5.48. The molecule has 1 aromatic heterocycles. The summed E-state index contributed by atoms with van der Waals surface area (Å²) in [6.45, 7) is 3.89. The zero-order chi connectivity index (χ0) is 10.6. The highest BCUT2D eigenvalue weighted by molar-refractivity contribution is 7.12. The van der Waals surface area contributed by atoms with Gasteiger partial charge in [-0.15, -0.1) is 11.3 Å². The number of carbonyl (C=O) groups excluding carboxylic acids is 1. The van der Waals surface area contributed by atoms with Gasteiger partial charge in [0.2, 0.25) is 0 Å². The lowest BCUT2D eigenvalue weighted by Crippen LogP contribution is -2.37. The SMILES string of the molecule is CC(CO)C(C)NC(=O)c1cccs1. The van der Waals surface area contributed by atoms with Crippen molar-refractivity contribution >= 4 is 17.2 Å². The molecule has 0 aromatic carbocycles. The van der Waals surface area contributed by atoms with Crippen LogP contribution >= 0.6 is 11.3 Å². The van der Waals surface area contributed by atoms with Crippen molar-refractivity contribution in [1.82, 2.24) is 5.32 Å². The summed E-state index contributed by atoms with van der Waals surface area (Å²) in [4.78, 5) is 12.3. The second-order valence-corrected chi connectivity index (χ2v) is 4.35. The lowest BCUT2D eigenvalue weighted by atomic mass is 10.1. The molecule has 0 fully saturated rings. The van der Waals surface area contributed by atoms with Crippen LogP contribution in [0.1, 0.15) is 23.5 Å². The van der Waals surface area contributed by atoms with Gasteiger partial charge in [-0.05, 0) is 24.3 Å². The van der Waals surface area contributed by atoms with Crippen LogP contribution in [0.25, 0.3) is 0 Å². The van der Waals surface area contributed by atoms with Gasteiger partial charge in [0, 0.05) is 12.6 Å². The number of hydrogen-bond acceptors (Lipinski definition) is 3. The number of thiophene rings is 1. The van der Waals surface area contributed by atoms with Gasteiger partial charge in [-0.2, -0.15) is 0 Å². The number of carbonyl (C=O) groups is 1. The summed E-state index contributed by atoms with van der Waals surface area (Å²) in [6, 6.07) is 3.63. The van der Waals surface area contributed by atoms with Crippen molar-refractivity contribution in [1.29, 1.82) is 0 Å². The van der Waals surface area contributed by atoms with E-state index in [0.717, 1.165) is 0 Å². The Hall–Kier alpha value is -0.870. The normalized spacial score (nSPS) is 14.8. The Labute approximate surface area is 87.8 Å². The quantitative estimate of drug-likeness (QED) is 0.796. The lowest BCUT2D eigenvalue weighted by Gasteiger charge is -2.18. The number of nitrogens with one attached hydrogen (secondary N) is 1. The molecule has 2 unspecified atom stereocenters. The summed E-state index contributed by atoms with van der Waals surface area (Å²) in [6.07, 6.45) is 0. The molecule has 1 rings (SSSR count). The Bertz CT molecular complexity index is 284. The van der Waals surface area contributed by atoms with Crippen LogP contribution in [0.15, 0.2) is 17.5 Å². The van der Waals surface area contributed by atoms with Crippen LogP contribution in [-0.4, -0.2) is 23.7 Å². The van der Waals surface area contributed by atoms with E-state index < -0.39 is 0 Å². The van der Waals surface area contributed by atoms with Gasteiger partial charge >= 0.3 is 0 Å². The van der Waals surface area contributed by atoms with E-state index in [-0.39, 0.29) is 24.5 Å². The van der Waals surface area contributed by atoms with E-state index in [1.807, 2.05) is 25.3 Å². The molecule has 0 aliphatic carbocycles. The van der Waals surface area contributed by atoms with Gasteiger partial charge in [-0.25, -0.2) is 0 Å². The van der Waals surface area contributed by atoms with E-state index >= 15 is 0 Å². The first kappa shape index (κ1) is 11.2. The summed E-state index contributed by atoms with van der Waals surface area (Å²) in [5.41, 5.74) is 0. The zero-order valence-corrected chi connectivity index (χ0v) is 9.17. The number of aliphatic hydroxyl groups excluding tert-OH is 1. The Morgan fingerprint density at radius 2 is 2.36 bits per heavy atom. The van der Waals surface area contributed by atoms with Gasteiger partial charge in [0.05, 0.1) is 4.88 Å². The lowest BCUT2D eigenvalue weighted by molar-refractivity contribution is 0.0920. The van der Waals surface area contributed by atoms with E-state index in [9.17, 15) is 4.79 Å². The van der Waals surface area contributed by atoms with Crippen molar-refractivity contribution in [3.63, 3.8) is 0 Å². The fourth-order valence-corrected chi connectivity index (χ4v) is 1.61. The summed E-state index contributed by atoms with van der Waals surface area (Å²) in [5.74, 6) is 0.0201. The highest BCUT2D eigenvalue weighted by atomic mass is 32.1. The minimum Gasteiger partial charge on any atom is -0.396 e. The third-order valence-electron chi connectivity index (χ3n) is 2.25. The first-order chi connectivity index (χ1) is 6.65. The fraction of sp³-hybridized carbons (Fsp3) is 0.500. The third kappa shape index (κ3) is 2.82. The van der Waals surface area contributed by atoms with Crippen molar-refractivity contribution in [3.8, 4) is 0 Å². The first-order valence-electron chi connectivity index (χ1n) is 4.60. The van der Waals surface area contributed by atoms with Crippen LogP contribution < -0.4 is 5.32 Å². The summed E-state index contributed by atoms with van der Waals surface area (Å²) in [7, 11) is 0. The second-order valence-electron chi connectivity index (χ2n) is 3.40. The minimum atomic E-state index is -0.0622. The van der Waals surface area contributed by atoms with Crippen molar-refractivity contribution in [2.45, 2.75) is 19.9 Å². The number of rotatable bonds is 4. The molecule has 1 heterocycles. The summed E-state index contributed by atoms with van der Waals surface area (Å²) in [5, 5.41) is 13.6. The molecule has 78 valence electrons. The number of aliphatic hydroxyl groups is 1. The van der Waals surface area contributed by atoms with Gasteiger partial charge in [0.15, 0.2) is 0 Å². The van der Waals surface area contributed by atoms with Gasteiger partial charge in [-0.1, -0.05) is 13.0 Å². The number of hydrogen-bond donors (Lipinski definition) is 2. The Balaban J connectivity index is 2.49. The molecule has 0 spiro atoms. The van der Waals surface area contributed by atoms with Gasteiger partial charge in [0.1, 0.15) is 0 Å². The highest BCUT2D eigenvalue weighted by Gasteiger charge is 2.15. The van der Waals surface area contributed by atoms with Crippen LogP contribution in [0, 0.1) is 5.92 Å². The Morgan fingerprint density at radius 1 is 1.64 bits per heavy atom. The average Bonchev–Trinajstić information content (AvgIpc) is 2.69. The molecule has 0 bridgehead atoms. The molecular formula is C10H15NO2S. The van der Waals surface area contributed by atoms with Crippen molar-refractivity contribution in [2.75, 3.05) is 6.61 Å². The van der Waals surface area contributed by atoms with E-state index in [4.69, 9.17) is 5.11 Å². The number of amides is 1. The molecule has 1 aromatic rings. The van der Waals surface area contributed by atoms with Gasteiger partial charge in [-0.3, -0.25) is 4.79 Å². The monoisotopic (exact) mass is 213 g/mol. The molecule has 0 aliphatic rings. The van der Waals surface area contributed by atoms with Crippen LogP contribution in [-0.2, 0) is 0 Å². The molecular weight excluding hydrogens is 198 g/mol. The minimum absolute atomic E-state index is 0.00500. The van der Waals surface area contributed by atoms with E-state index in [1.54, 1.807) is 6.07 Å². The zero-order valence-electron chi connectivity index (χ0n) is 8.36. The van der Waals surface area contributed by atoms with E-state index in [2.05, 4.69) is 5.32 Å². The van der Waals surface area contributed by atoms with Crippen LogP contribution in [0.2, 0.25) is 0 Å². The Kier molecular flexibility index (Phi) is 4.10. The predicted molar refractivity (Wildman–Crippen MR) is 57.5 cm³/mol. The molecule has 0 saturated heterocycles. The molecule has 1 amide bonds. The van der Waals surface area contributed by atoms with Gasteiger partial charge in [0.25, 0.3) is 5.91 Å². The largest absolute Gasteiger partial charge is 0.396 e. The molecule has 0 saturated carbocycles.